The van der Waals surface area contributed by atoms with Gasteiger partial charge in [-0.05, 0) is 61.8 Å². The van der Waals surface area contributed by atoms with Gasteiger partial charge in [0, 0.05) is 5.92 Å². The second-order valence-corrected chi connectivity index (χ2v) is 5.14. The molecular weight excluding hydrogens is 192 g/mol. The normalized spacial score (nSPS) is 24.8. The summed E-state index contributed by atoms with van der Waals surface area (Å²) in [5, 5.41) is 0. The van der Waals surface area contributed by atoms with Crippen molar-refractivity contribution in [1.82, 2.24) is 0 Å². The van der Waals surface area contributed by atoms with Gasteiger partial charge in [-0.2, -0.15) is 0 Å². The molecule has 0 nitrogen and oxygen atoms in total. The molecule has 0 saturated heterocycles. The van der Waals surface area contributed by atoms with Gasteiger partial charge in [0.15, 0.2) is 0 Å². The Bertz CT molecular complexity index is 412. The van der Waals surface area contributed by atoms with E-state index in [1.54, 1.807) is 11.1 Å². The maximum Gasteiger partial charge on any atom is 0.00236 e. The van der Waals surface area contributed by atoms with Gasteiger partial charge >= 0.3 is 0 Å². The first-order chi connectivity index (χ1) is 7.65. The summed E-state index contributed by atoms with van der Waals surface area (Å²) in [6, 6.07) is 4.56. The van der Waals surface area contributed by atoms with Crippen molar-refractivity contribution in [3.63, 3.8) is 0 Å². The topological polar surface area (TPSA) is 0 Å². The summed E-state index contributed by atoms with van der Waals surface area (Å²) in [6.07, 6.45) is 7.21. The number of hydrogen-bond acceptors (Lipinski definition) is 0. The number of benzene rings is 1. The van der Waals surface area contributed by atoms with Gasteiger partial charge < -0.3 is 0 Å². The minimum atomic E-state index is 0.649. The van der Waals surface area contributed by atoms with Crippen molar-refractivity contribution in [2.75, 3.05) is 0 Å². The molecule has 0 fully saturated rings. The average molecular weight is 214 g/mol. The van der Waals surface area contributed by atoms with Crippen molar-refractivity contribution in [2.45, 2.75) is 52.4 Å². The van der Waals surface area contributed by atoms with E-state index in [0.29, 0.717) is 5.92 Å². The molecule has 0 aromatic heterocycles. The van der Waals surface area contributed by atoms with Crippen molar-refractivity contribution in [2.24, 2.45) is 0 Å². The van der Waals surface area contributed by atoms with Crippen molar-refractivity contribution >= 4 is 0 Å². The van der Waals surface area contributed by atoms with E-state index >= 15 is 0 Å². The van der Waals surface area contributed by atoms with Gasteiger partial charge in [0.25, 0.3) is 0 Å². The molecule has 2 rings (SSSR count). The molecule has 1 aliphatic rings. The molecule has 0 heteroatoms. The maximum atomic E-state index is 2.37. The van der Waals surface area contributed by atoms with Crippen LogP contribution >= 0.6 is 0 Å². The Morgan fingerprint density at radius 1 is 1.06 bits per heavy atom. The van der Waals surface area contributed by atoms with E-state index in [9.17, 15) is 0 Å². The van der Waals surface area contributed by atoms with Crippen LogP contribution in [0, 0.1) is 13.8 Å². The zero-order chi connectivity index (χ0) is 11.7. The fourth-order valence-corrected chi connectivity index (χ4v) is 3.14. The summed E-state index contributed by atoms with van der Waals surface area (Å²) in [4.78, 5) is 0. The average Bonchev–Trinajstić information content (AvgIpc) is 2.26. The number of allylic oxidation sites excluding steroid dienone is 2. The van der Waals surface area contributed by atoms with Crippen LogP contribution in [0.15, 0.2) is 24.3 Å². The zero-order valence-electron chi connectivity index (χ0n) is 10.9. The molecule has 0 amide bonds. The molecule has 2 atom stereocenters. The van der Waals surface area contributed by atoms with Crippen molar-refractivity contribution < 1.29 is 0 Å². The van der Waals surface area contributed by atoms with Gasteiger partial charge in [-0.1, -0.05) is 31.2 Å². The first-order valence-corrected chi connectivity index (χ1v) is 6.38. The molecule has 0 spiro atoms. The van der Waals surface area contributed by atoms with Crippen molar-refractivity contribution in [1.29, 1.82) is 0 Å². The summed E-state index contributed by atoms with van der Waals surface area (Å²) in [6.45, 7) is 9.01. The van der Waals surface area contributed by atoms with Gasteiger partial charge in [0.05, 0.1) is 0 Å². The highest BCUT2D eigenvalue weighted by Gasteiger charge is 2.25. The van der Waals surface area contributed by atoms with Gasteiger partial charge in [0.2, 0.25) is 0 Å². The predicted octanol–water partition coefficient (Wildman–Crippen LogP) is 4.86. The lowest BCUT2D eigenvalue weighted by Gasteiger charge is -2.31. The highest BCUT2D eigenvalue weighted by atomic mass is 14.3. The fourth-order valence-electron chi connectivity index (χ4n) is 3.14. The van der Waals surface area contributed by atoms with Crippen LogP contribution in [0.4, 0.5) is 0 Å². The van der Waals surface area contributed by atoms with E-state index in [-0.39, 0.29) is 0 Å². The molecule has 1 aromatic rings. The first-order valence-electron chi connectivity index (χ1n) is 6.38. The second kappa shape index (κ2) is 4.45. The van der Waals surface area contributed by atoms with Gasteiger partial charge in [-0.15, -0.1) is 0 Å². The van der Waals surface area contributed by atoms with Crippen LogP contribution in [0.25, 0.3) is 0 Å². The van der Waals surface area contributed by atoms with Crippen LogP contribution in [0.1, 0.15) is 60.8 Å². The highest BCUT2D eigenvalue weighted by Crippen LogP contribution is 2.42. The van der Waals surface area contributed by atoms with E-state index in [2.05, 4.69) is 52.0 Å². The monoisotopic (exact) mass is 214 g/mol. The van der Waals surface area contributed by atoms with Crippen molar-refractivity contribution in [3.05, 3.63) is 46.5 Å². The van der Waals surface area contributed by atoms with E-state index in [0.717, 1.165) is 5.92 Å². The van der Waals surface area contributed by atoms with Gasteiger partial charge in [0.1, 0.15) is 0 Å². The molecule has 0 aliphatic heterocycles. The van der Waals surface area contributed by atoms with E-state index in [1.807, 2.05) is 0 Å². The standard InChI is InChI=1S/C16H22/c1-5-6-14-10-9-12(3)15-11(2)7-8-13(4)16(14)15/h5-8,12,14H,9-10H2,1-4H3. The first kappa shape index (κ1) is 11.4. The SMILES string of the molecule is CC=CC1CCC(C)c2c(C)ccc(C)c21. The maximum absolute atomic E-state index is 2.37. The van der Waals surface area contributed by atoms with Crippen LogP contribution in [-0.4, -0.2) is 0 Å². The highest BCUT2D eigenvalue weighted by molar-refractivity contribution is 5.47. The molecule has 0 saturated carbocycles. The molecule has 86 valence electrons. The van der Waals surface area contributed by atoms with Crippen molar-refractivity contribution in [3.8, 4) is 0 Å². The largest absolute Gasteiger partial charge is 0.0910 e. The Labute approximate surface area is 99.4 Å². The molecule has 0 N–H and O–H groups in total. The Morgan fingerprint density at radius 3 is 2.31 bits per heavy atom. The molecule has 2 unspecified atom stereocenters. The summed E-state index contributed by atoms with van der Waals surface area (Å²) in [5.41, 5.74) is 6.17. The van der Waals surface area contributed by atoms with Gasteiger partial charge in [-0.25, -0.2) is 0 Å². The summed E-state index contributed by atoms with van der Waals surface area (Å²) in [5.74, 6) is 1.38. The summed E-state index contributed by atoms with van der Waals surface area (Å²) in [7, 11) is 0. The number of fused-ring (bicyclic) bond motifs is 1. The summed E-state index contributed by atoms with van der Waals surface area (Å²) >= 11 is 0. The molecule has 0 heterocycles. The Morgan fingerprint density at radius 2 is 1.69 bits per heavy atom. The lowest BCUT2D eigenvalue weighted by molar-refractivity contribution is 0.548. The third-order valence-corrected chi connectivity index (χ3v) is 3.92. The summed E-state index contributed by atoms with van der Waals surface area (Å²) < 4.78 is 0. The lowest BCUT2D eigenvalue weighted by atomic mass is 9.74. The second-order valence-electron chi connectivity index (χ2n) is 5.14. The minimum Gasteiger partial charge on any atom is -0.0910 e. The van der Waals surface area contributed by atoms with E-state index < -0.39 is 0 Å². The van der Waals surface area contributed by atoms with Crippen LogP contribution in [0.5, 0.6) is 0 Å². The number of aryl methyl sites for hydroxylation is 2. The van der Waals surface area contributed by atoms with Crippen LogP contribution in [0.2, 0.25) is 0 Å². The Kier molecular flexibility index (Phi) is 3.18. The molecule has 16 heavy (non-hydrogen) atoms. The molecular formula is C16H22. The number of hydrogen-bond donors (Lipinski definition) is 0. The van der Waals surface area contributed by atoms with E-state index in [4.69, 9.17) is 0 Å². The van der Waals surface area contributed by atoms with Gasteiger partial charge in [-0.3, -0.25) is 0 Å². The lowest BCUT2D eigenvalue weighted by Crippen LogP contribution is -2.14. The molecule has 1 aliphatic carbocycles. The van der Waals surface area contributed by atoms with Crippen LogP contribution < -0.4 is 0 Å². The van der Waals surface area contributed by atoms with Crippen LogP contribution in [0.3, 0.4) is 0 Å². The minimum absolute atomic E-state index is 0.649. The Balaban J connectivity index is 2.60. The third kappa shape index (κ3) is 1.81. The third-order valence-electron chi connectivity index (χ3n) is 3.92. The predicted molar refractivity (Wildman–Crippen MR) is 71.1 cm³/mol. The van der Waals surface area contributed by atoms with Crippen LogP contribution in [-0.2, 0) is 0 Å². The smallest absolute Gasteiger partial charge is 0.00236 e. The quantitative estimate of drug-likeness (QED) is 0.586. The van der Waals surface area contributed by atoms with E-state index in [1.165, 1.54) is 24.0 Å². The number of rotatable bonds is 1. The Hall–Kier alpha value is -1.04. The fraction of sp³-hybridized carbons (Fsp3) is 0.500. The zero-order valence-corrected chi connectivity index (χ0v) is 10.9. The molecule has 1 aromatic carbocycles. The molecule has 0 radical (unpaired) electrons. The molecule has 0 bridgehead atoms.